The highest BCUT2D eigenvalue weighted by Gasteiger charge is 2.65. The number of benzene rings is 1. The van der Waals surface area contributed by atoms with Gasteiger partial charge in [0.2, 0.25) is 5.79 Å². The molecule has 11 nitrogen and oxygen atoms in total. The number of allylic oxidation sites excluding steroid dienone is 1. The van der Waals surface area contributed by atoms with Gasteiger partial charge in [-0.05, 0) is 92.7 Å². The molecule has 296 valence electrons. The van der Waals surface area contributed by atoms with Crippen LogP contribution >= 0.6 is 0 Å². The molecule has 11 heteroatoms. The third kappa shape index (κ3) is 9.47. The number of oxime groups is 1. The number of hydrogen-bond acceptors (Lipinski definition) is 10. The number of nitrogens with zero attached hydrogens (tertiary/aromatic N) is 3. The first kappa shape index (κ1) is 41.2. The van der Waals surface area contributed by atoms with Gasteiger partial charge in [0.25, 0.3) is 0 Å². The van der Waals surface area contributed by atoms with E-state index in [2.05, 4.69) is 23.7 Å². The highest BCUT2D eigenvalue weighted by atomic mass is 16.7. The zero-order valence-corrected chi connectivity index (χ0v) is 33.1. The number of amides is 1. The van der Waals surface area contributed by atoms with Crippen LogP contribution in [0.15, 0.2) is 65.9 Å². The van der Waals surface area contributed by atoms with Gasteiger partial charge in [-0.25, -0.2) is 4.79 Å². The van der Waals surface area contributed by atoms with Gasteiger partial charge < -0.3 is 38.9 Å². The Morgan fingerprint density at radius 2 is 1.89 bits per heavy atom. The van der Waals surface area contributed by atoms with Crippen LogP contribution in [0, 0.1) is 30.1 Å². The van der Waals surface area contributed by atoms with Crippen molar-refractivity contribution in [3.05, 3.63) is 77.7 Å². The van der Waals surface area contributed by atoms with Crippen LogP contribution in [0.25, 0.3) is 0 Å². The molecule has 54 heavy (non-hydrogen) atoms. The molecule has 2 N–H and O–H groups in total. The summed E-state index contributed by atoms with van der Waals surface area (Å²) >= 11 is 0. The molecular formula is C43H61N3O8. The maximum absolute atomic E-state index is 13.9. The minimum atomic E-state index is -1.34. The summed E-state index contributed by atoms with van der Waals surface area (Å²) in [7, 11) is 1.74. The van der Waals surface area contributed by atoms with Gasteiger partial charge in [-0.1, -0.05) is 57.0 Å². The van der Waals surface area contributed by atoms with Crippen LogP contribution in [0.3, 0.4) is 0 Å². The van der Waals surface area contributed by atoms with Crippen LogP contribution in [0.1, 0.15) is 95.5 Å². The smallest absolute Gasteiger partial charge is 0.410 e. The van der Waals surface area contributed by atoms with Gasteiger partial charge in [-0.2, -0.15) is 0 Å². The molecule has 1 amide bonds. The van der Waals surface area contributed by atoms with Gasteiger partial charge in [0, 0.05) is 43.9 Å². The average Bonchev–Trinajstić information content (AvgIpc) is 3.15. The standard InChI is InChI=1S/C43H61N3O8/c1-8-23-52-43-38(46(7)41(49)51-28-42(4,5)6)26-36(45-53-9-2)34-24-30(16-10-12-21-47)33(18-11-13-22-48)39(40(34)43)35-25-32(19-20-37(35)54-43)50-27-31-17-14-15-29(3)44-31/h8,14-15,17,19-20,24-25,30,33,38-40,47-48H,1,9-13,16,18,21-23,26-28H2,2-7H3/t30-,33+,38-,39+,40+,43+/m0/s1. The molecule has 6 atom stereocenters. The number of pyridine rings is 1. The summed E-state index contributed by atoms with van der Waals surface area (Å²) in [4.78, 5) is 25.9. The quantitative estimate of drug-likeness (QED) is 0.0893. The first-order chi connectivity index (χ1) is 26.0. The van der Waals surface area contributed by atoms with Crippen molar-refractivity contribution in [2.75, 3.05) is 40.1 Å². The maximum atomic E-state index is 13.9. The molecular weight excluding hydrogens is 686 g/mol. The zero-order chi connectivity index (χ0) is 38.9. The number of ether oxygens (including phenoxy) is 4. The second-order valence-corrected chi connectivity index (χ2v) is 16.0. The third-order valence-electron chi connectivity index (χ3n) is 10.7. The molecule has 1 saturated carbocycles. The van der Waals surface area contributed by atoms with Crippen LogP contribution in [0.2, 0.25) is 0 Å². The van der Waals surface area contributed by atoms with Gasteiger partial charge in [0.1, 0.15) is 30.8 Å². The summed E-state index contributed by atoms with van der Waals surface area (Å²) < 4.78 is 26.4. The monoisotopic (exact) mass is 747 g/mol. The summed E-state index contributed by atoms with van der Waals surface area (Å²) in [6.07, 6.45) is 8.67. The first-order valence-corrected chi connectivity index (χ1v) is 19.6. The number of likely N-dealkylation sites (N-methyl/N-ethyl adjacent to an activating group) is 1. The van der Waals surface area contributed by atoms with Crippen LogP contribution in [-0.4, -0.2) is 83.8 Å². The summed E-state index contributed by atoms with van der Waals surface area (Å²) in [6, 6.07) is 11.2. The maximum Gasteiger partial charge on any atom is 0.410 e. The molecule has 2 aromatic rings. The minimum absolute atomic E-state index is 0.109. The fourth-order valence-corrected chi connectivity index (χ4v) is 8.30. The molecule has 0 spiro atoms. The van der Waals surface area contributed by atoms with E-state index in [1.165, 1.54) is 0 Å². The Balaban J connectivity index is 1.70. The molecule has 3 aliphatic rings. The van der Waals surface area contributed by atoms with Crippen molar-refractivity contribution < 1.29 is 38.8 Å². The Morgan fingerprint density at radius 3 is 2.57 bits per heavy atom. The van der Waals surface area contributed by atoms with E-state index in [0.717, 1.165) is 53.9 Å². The van der Waals surface area contributed by atoms with Crippen molar-refractivity contribution in [2.45, 2.75) is 104 Å². The third-order valence-corrected chi connectivity index (χ3v) is 10.7. The highest BCUT2D eigenvalue weighted by molar-refractivity contribution is 6.02. The lowest BCUT2D eigenvalue weighted by Gasteiger charge is -2.59. The first-order valence-electron chi connectivity index (χ1n) is 19.6. The molecule has 1 fully saturated rings. The van der Waals surface area contributed by atoms with Crippen LogP contribution in [0.4, 0.5) is 4.79 Å². The van der Waals surface area contributed by atoms with Crippen LogP contribution < -0.4 is 9.47 Å². The Kier molecular flexibility index (Phi) is 14.2. The molecule has 0 unspecified atom stereocenters. The van der Waals surface area contributed by atoms with E-state index < -0.39 is 23.8 Å². The van der Waals surface area contributed by atoms with Crippen molar-refractivity contribution in [3.8, 4) is 11.5 Å². The lowest BCUT2D eigenvalue weighted by atomic mass is 9.55. The topological polar surface area (TPSA) is 132 Å². The number of aryl methyl sites for hydroxylation is 1. The van der Waals surface area contributed by atoms with Crippen molar-refractivity contribution in [2.24, 2.45) is 28.3 Å². The average molecular weight is 748 g/mol. The van der Waals surface area contributed by atoms with Gasteiger partial charge in [-0.15, -0.1) is 6.58 Å². The summed E-state index contributed by atoms with van der Waals surface area (Å²) in [5.41, 5.74) is 4.26. The molecule has 0 saturated heterocycles. The van der Waals surface area contributed by atoms with Crippen LogP contribution in [-0.2, 0) is 20.9 Å². The van der Waals surface area contributed by atoms with Crippen LogP contribution in [0.5, 0.6) is 11.5 Å². The molecule has 0 radical (unpaired) electrons. The predicted octanol–water partition coefficient (Wildman–Crippen LogP) is 7.74. The Bertz CT molecular complexity index is 1640. The number of carbonyl (C=O) groups excluding carboxylic acids is 1. The van der Waals surface area contributed by atoms with E-state index in [4.69, 9.17) is 28.9 Å². The Labute approximate surface area is 321 Å². The normalized spacial score (nSPS) is 25.1. The number of aliphatic hydroxyl groups is 2. The number of aromatic nitrogens is 1. The van der Waals surface area contributed by atoms with Crippen molar-refractivity contribution >= 4 is 11.8 Å². The van der Waals surface area contributed by atoms with Crippen molar-refractivity contribution in [1.29, 1.82) is 0 Å². The molecule has 1 aromatic heterocycles. The van der Waals surface area contributed by atoms with Gasteiger partial charge in [0.05, 0.1) is 30.5 Å². The second kappa shape index (κ2) is 18.6. The Hall–Kier alpha value is -3.93. The number of hydrogen-bond donors (Lipinski definition) is 2. The number of rotatable bonds is 18. The fourth-order valence-electron chi connectivity index (χ4n) is 8.30. The van der Waals surface area contributed by atoms with Gasteiger partial charge >= 0.3 is 6.09 Å². The molecule has 0 bridgehead atoms. The fraction of sp³-hybridized carbons (Fsp3) is 0.605. The van der Waals surface area contributed by atoms with Crippen molar-refractivity contribution in [3.63, 3.8) is 0 Å². The van der Waals surface area contributed by atoms with E-state index >= 15 is 0 Å². The van der Waals surface area contributed by atoms with E-state index in [1.807, 2.05) is 65.0 Å². The predicted molar refractivity (Wildman–Crippen MR) is 208 cm³/mol. The van der Waals surface area contributed by atoms with E-state index in [1.54, 1.807) is 18.0 Å². The summed E-state index contributed by atoms with van der Waals surface area (Å²) in [5, 5.41) is 24.3. The molecule has 2 aliphatic carbocycles. The zero-order valence-electron chi connectivity index (χ0n) is 33.1. The number of fused-ring (bicyclic) bond motifs is 2. The summed E-state index contributed by atoms with van der Waals surface area (Å²) in [6.45, 7) is 15.3. The molecule has 1 aliphatic heterocycles. The minimum Gasteiger partial charge on any atom is -0.487 e. The highest BCUT2D eigenvalue weighted by Crippen LogP contribution is 2.61. The number of aliphatic hydroxyl groups excluding tert-OH is 2. The molecule has 2 heterocycles. The summed E-state index contributed by atoms with van der Waals surface area (Å²) in [5.74, 6) is -0.285. The number of carbonyl (C=O) groups is 1. The molecule has 5 rings (SSSR count). The Morgan fingerprint density at radius 1 is 1.13 bits per heavy atom. The van der Waals surface area contributed by atoms with Gasteiger partial charge in [0.15, 0.2) is 0 Å². The van der Waals surface area contributed by atoms with Gasteiger partial charge in [-0.3, -0.25) is 4.98 Å². The number of unbranched alkanes of at least 4 members (excludes halogenated alkanes) is 2. The van der Waals surface area contributed by atoms with E-state index in [-0.39, 0.29) is 49.6 Å². The largest absolute Gasteiger partial charge is 0.487 e. The molecule has 1 aromatic carbocycles. The SMILES string of the molecule is C=CCO[C@@]12Oc3ccc(OCc4cccc(C)n4)cc3[C@H]3[C@H](CCCCO)[C@@H](CCCCO)C=C(C(=NOCC)C[C@@H]1N(C)C(=O)OCC(C)(C)C)[C@H]32. The second-order valence-electron chi connectivity index (χ2n) is 16.0. The lowest BCUT2D eigenvalue weighted by molar-refractivity contribution is -0.253. The van der Waals surface area contributed by atoms with E-state index in [0.29, 0.717) is 44.0 Å². The lowest BCUT2D eigenvalue weighted by Crippen LogP contribution is -2.69. The van der Waals surface area contributed by atoms with E-state index in [9.17, 15) is 15.0 Å². The van der Waals surface area contributed by atoms with Crippen molar-refractivity contribution in [1.82, 2.24) is 9.88 Å².